The van der Waals surface area contributed by atoms with Gasteiger partial charge in [-0.15, -0.1) is 0 Å². The minimum absolute atomic E-state index is 0.219. The van der Waals surface area contributed by atoms with Crippen molar-refractivity contribution in [3.8, 4) is 0 Å². The maximum Gasteiger partial charge on any atom is 0.0908 e. The number of pyridine rings is 1. The molecule has 2 heterocycles. The number of halogens is 1. The van der Waals surface area contributed by atoms with Gasteiger partial charge in [0, 0.05) is 18.9 Å². The summed E-state index contributed by atoms with van der Waals surface area (Å²) in [6, 6.07) is 3.68. The lowest BCUT2D eigenvalue weighted by atomic mass is 10.1. The van der Waals surface area contributed by atoms with Crippen LogP contribution in [0.3, 0.4) is 0 Å². The molecule has 5 nitrogen and oxygen atoms in total. The summed E-state index contributed by atoms with van der Waals surface area (Å²) >= 11 is 6.10. The van der Waals surface area contributed by atoms with Crippen LogP contribution in [0.2, 0.25) is 5.02 Å². The molecule has 0 spiro atoms. The molecule has 0 radical (unpaired) electrons. The van der Waals surface area contributed by atoms with Gasteiger partial charge in [-0.25, -0.2) is 5.43 Å². The first-order valence-electron chi connectivity index (χ1n) is 5.19. The Labute approximate surface area is 105 Å². The number of hydrazine groups is 1. The predicted octanol–water partition coefficient (Wildman–Crippen LogP) is 1.33. The molecule has 1 unspecified atom stereocenters. The lowest BCUT2D eigenvalue weighted by Gasteiger charge is -2.17. The molecule has 0 bridgehead atoms. The van der Waals surface area contributed by atoms with Gasteiger partial charge in [-0.05, 0) is 18.6 Å². The smallest absolute Gasteiger partial charge is 0.0908 e. The molecule has 2 rings (SSSR count). The molecule has 0 fully saturated rings. The topological polar surface area (TPSA) is 68.8 Å². The van der Waals surface area contributed by atoms with Crippen LogP contribution in [0.5, 0.6) is 0 Å². The first-order valence-corrected chi connectivity index (χ1v) is 5.57. The summed E-state index contributed by atoms with van der Waals surface area (Å²) in [6.45, 7) is 1.94. The van der Waals surface area contributed by atoms with Crippen LogP contribution in [0.25, 0.3) is 0 Å². The van der Waals surface area contributed by atoms with Gasteiger partial charge in [0.15, 0.2) is 0 Å². The second kappa shape index (κ2) is 4.83. The second-order valence-corrected chi connectivity index (χ2v) is 4.24. The van der Waals surface area contributed by atoms with Crippen molar-refractivity contribution in [2.24, 2.45) is 12.9 Å². The fourth-order valence-electron chi connectivity index (χ4n) is 1.73. The molecule has 0 aromatic carbocycles. The number of nitrogens with two attached hydrogens (primary N) is 1. The molecule has 6 heteroatoms. The molecular formula is C11H14ClN5. The highest BCUT2D eigenvalue weighted by molar-refractivity contribution is 6.31. The third kappa shape index (κ3) is 2.31. The molecule has 90 valence electrons. The summed E-state index contributed by atoms with van der Waals surface area (Å²) in [7, 11) is 1.83. The summed E-state index contributed by atoms with van der Waals surface area (Å²) in [5.41, 5.74) is 5.46. The van der Waals surface area contributed by atoms with Gasteiger partial charge in [0.1, 0.15) is 0 Å². The minimum Gasteiger partial charge on any atom is -0.271 e. The van der Waals surface area contributed by atoms with Crippen LogP contribution in [0.4, 0.5) is 0 Å². The molecule has 0 saturated heterocycles. The third-order valence-electron chi connectivity index (χ3n) is 2.65. The van der Waals surface area contributed by atoms with Crippen molar-refractivity contribution in [3.63, 3.8) is 0 Å². The normalized spacial score (nSPS) is 12.7. The Bertz CT molecular complexity index is 486. The zero-order chi connectivity index (χ0) is 12.4. The van der Waals surface area contributed by atoms with Crippen LogP contribution in [0, 0.1) is 6.92 Å². The summed E-state index contributed by atoms with van der Waals surface area (Å²) in [4.78, 5) is 4.25. The maximum atomic E-state index is 6.10. The summed E-state index contributed by atoms with van der Waals surface area (Å²) in [5.74, 6) is 5.59. The highest BCUT2D eigenvalue weighted by Crippen LogP contribution is 2.26. The third-order valence-corrected chi connectivity index (χ3v) is 2.94. The van der Waals surface area contributed by atoms with Crippen molar-refractivity contribution in [2.45, 2.75) is 13.0 Å². The van der Waals surface area contributed by atoms with E-state index in [2.05, 4.69) is 15.5 Å². The predicted molar refractivity (Wildman–Crippen MR) is 66.4 cm³/mol. The van der Waals surface area contributed by atoms with Crippen molar-refractivity contribution in [2.75, 3.05) is 0 Å². The van der Waals surface area contributed by atoms with Gasteiger partial charge in [0.05, 0.1) is 23.0 Å². The quantitative estimate of drug-likeness (QED) is 0.638. The van der Waals surface area contributed by atoms with Crippen molar-refractivity contribution >= 4 is 11.6 Å². The van der Waals surface area contributed by atoms with E-state index in [-0.39, 0.29) is 6.04 Å². The molecule has 0 saturated carbocycles. The lowest BCUT2D eigenvalue weighted by molar-refractivity contribution is 0.573. The highest BCUT2D eigenvalue weighted by atomic mass is 35.5. The van der Waals surface area contributed by atoms with E-state index in [0.29, 0.717) is 5.02 Å². The standard InChI is InChI=1S/C11H14ClN5/c1-7-3-4-8(5-14-7)10(16-13)11-9(12)6-15-17(11)2/h3-6,10,16H,13H2,1-2H3. The number of nitrogens with one attached hydrogen (secondary N) is 1. The molecule has 1 atom stereocenters. The van der Waals surface area contributed by atoms with Gasteiger partial charge in [-0.1, -0.05) is 17.7 Å². The Morgan fingerprint density at radius 3 is 2.65 bits per heavy atom. The van der Waals surface area contributed by atoms with E-state index in [1.165, 1.54) is 0 Å². The van der Waals surface area contributed by atoms with Crippen LogP contribution in [-0.4, -0.2) is 14.8 Å². The van der Waals surface area contributed by atoms with Crippen LogP contribution in [0.15, 0.2) is 24.5 Å². The summed E-state index contributed by atoms with van der Waals surface area (Å²) in [6.07, 6.45) is 3.38. The number of hydrogen-bond donors (Lipinski definition) is 2. The van der Waals surface area contributed by atoms with Gasteiger partial charge >= 0.3 is 0 Å². The van der Waals surface area contributed by atoms with E-state index in [1.807, 2.05) is 26.1 Å². The Hall–Kier alpha value is -1.43. The van der Waals surface area contributed by atoms with Crippen molar-refractivity contribution in [3.05, 3.63) is 46.5 Å². The number of hydrogen-bond acceptors (Lipinski definition) is 4. The summed E-state index contributed by atoms with van der Waals surface area (Å²) < 4.78 is 1.70. The Morgan fingerprint density at radius 1 is 1.41 bits per heavy atom. The number of nitrogens with zero attached hydrogens (tertiary/aromatic N) is 3. The molecule has 0 aliphatic carbocycles. The first kappa shape index (κ1) is 12.0. The molecule has 0 aliphatic heterocycles. The molecule has 2 aromatic heterocycles. The lowest BCUT2D eigenvalue weighted by Crippen LogP contribution is -2.30. The van der Waals surface area contributed by atoms with Crippen molar-refractivity contribution < 1.29 is 0 Å². The zero-order valence-corrected chi connectivity index (χ0v) is 10.4. The van der Waals surface area contributed by atoms with E-state index >= 15 is 0 Å². The molecule has 17 heavy (non-hydrogen) atoms. The SMILES string of the molecule is Cc1ccc(C(NN)c2c(Cl)cnn2C)cn1. The molecule has 0 amide bonds. The monoisotopic (exact) mass is 251 g/mol. The molecule has 3 N–H and O–H groups in total. The minimum atomic E-state index is -0.219. The van der Waals surface area contributed by atoms with E-state index in [0.717, 1.165) is 17.0 Å². The number of aryl methyl sites for hydroxylation is 2. The first-order chi connectivity index (χ1) is 8.13. The molecular weight excluding hydrogens is 238 g/mol. The van der Waals surface area contributed by atoms with Gasteiger partial charge < -0.3 is 0 Å². The van der Waals surface area contributed by atoms with Gasteiger partial charge in [0.2, 0.25) is 0 Å². The van der Waals surface area contributed by atoms with Crippen LogP contribution >= 0.6 is 11.6 Å². The zero-order valence-electron chi connectivity index (χ0n) is 9.68. The van der Waals surface area contributed by atoms with E-state index in [4.69, 9.17) is 17.4 Å². The van der Waals surface area contributed by atoms with Gasteiger partial charge in [0.25, 0.3) is 0 Å². The van der Waals surface area contributed by atoms with E-state index < -0.39 is 0 Å². The molecule has 0 aliphatic rings. The second-order valence-electron chi connectivity index (χ2n) is 3.83. The van der Waals surface area contributed by atoms with Crippen LogP contribution in [0.1, 0.15) is 23.0 Å². The fraction of sp³-hybridized carbons (Fsp3) is 0.273. The largest absolute Gasteiger partial charge is 0.271 e. The van der Waals surface area contributed by atoms with E-state index in [1.54, 1.807) is 17.1 Å². The van der Waals surface area contributed by atoms with Crippen LogP contribution in [-0.2, 0) is 7.05 Å². The Morgan fingerprint density at radius 2 is 2.18 bits per heavy atom. The Balaban J connectivity index is 2.43. The molecule has 2 aromatic rings. The Kier molecular flexibility index (Phi) is 3.42. The van der Waals surface area contributed by atoms with Gasteiger partial charge in [-0.2, -0.15) is 5.10 Å². The summed E-state index contributed by atoms with van der Waals surface area (Å²) in [5, 5.41) is 4.68. The van der Waals surface area contributed by atoms with Crippen molar-refractivity contribution in [1.29, 1.82) is 0 Å². The van der Waals surface area contributed by atoms with Gasteiger partial charge in [-0.3, -0.25) is 15.5 Å². The maximum absolute atomic E-state index is 6.10. The van der Waals surface area contributed by atoms with Crippen molar-refractivity contribution in [1.82, 2.24) is 20.2 Å². The highest BCUT2D eigenvalue weighted by Gasteiger charge is 2.19. The number of rotatable bonds is 3. The average Bonchev–Trinajstić information content (AvgIpc) is 2.64. The van der Waals surface area contributed by atoms with E-state index in [9.17, 15) is 0 Å². The fourth-order valence-corrected chi connectivity index (χ4v) is 2.00. The number of aromatic nitrogens is 3. The average molecular weight is 252 g/mol. The van der Waals surface area contributed by atoms with Crippen LogP contribution < -0.4 is 11.3 Å².